The van der Waals surface area contributed by atoms with E-state index in [9.17, 15) is 5.11 Å². The molecule has 1 atom stereocenters. The van der Waals surface area contributed by atoms with Gasteiger partial charge in [0.2, 0.25) is 0 Å². The lowest BCUT2D eigenvalue weighted by Crippen LogP contribution is -2.18. The number of hydrogen-bond acceptors (Lipinski definition) is 2. The average Bonchev–Trinajstić information content (AvgIpc) is 1.83. The highest BCUT2D eigenvalue weighted by Crippen LogP contribution is 2.13. The van der Waals surface area contributed by atoms with Gasteiger partial charge in [0.25, 0.3) is 0 Å². The summed E-state index contributed by atoms with van der Waals surface area (Å²) < 4.78 is 5.14. The number of rotatable bonds is 0. The van der Waals surface area contributed by atoms with E-state index in [1.165, 1.54) is 0 Å². The van der Waals surface area contributed by atoms with Crippen LogP contribution in [-0.4, -0.2) is 24.4 Å². The molecule has 0 amide bonds. The van der Waals surface area contributed by atoms with Crippen molar-refractivity contribution in [3.63, 3.8) is 0 Å². The molecule has 10 heavy (non-hydrogen) atoms. The molecule has 2 nitrogen and oxygen atoms in total. The van der Waals surface area contributed by atoms with Crippen LogP contribution in [-0.2, 0) is 4.74 Å². The van der Waals surface area contributed by atoms with Gasteiger partial charge in [-0.15, -0.1) is 0 Å². The van der Waals surface area contributed by atoms with Crippen LogP contribution in [0.3, 0.4) is 0 Å². The fourth-order valence-corrected chi connectivity index (χ4v) is 1.14. The molecule has 0 aromatic heterocycles. The van der Waals surface area contributed by atoms with E-state index in [2.05, 4.69) is 6.58 Å². The normalized spacial score (nSPS) is 29.3. The van der Waals surface area contributed by atoms with Gasteiger partial charge in [-0.05, 0) is 19.3 Å². The lowest BCUT2D eigenvalue weighted by molar-refractivity contribution is 0.0294. The molecule has 1 fully saturated rings. The van der Waals surface area contributed by atoms with Gasteiger partial charge in [0.15, 0.2) is 0 Å². The highest BCUT2D eigenvalue weighted by molar-refractivity contribution is 4.96. The molecule has 0 aromatic rings. The summed E-state index contributed by atoms with van der Waals surface area (Å²) in [5.41, 5.74) is 1.15. The van der Waals surface area contributed by atoms with E-state index in [1.807, 2.05) is 0 Å². The van der Waals surface area contributed by atoms with Gasteiger partial charge >= 0.3 is 0 Å². The van der Waals surface area contributed by atoms with E-state index in [0.29, 0.717) is 13.0 Å². The first-order valence-electron chi connectivity index (χ1n) is 3.71. The van der Waals surface area contributed by atoms with Crippen LogP contribution in [0, 0.1) is 0 Å². The summed E-state index contributed by atoms with van der Waals surface area (Å²) in [6.45, 7) is 5.08. The van der Waals surface area contributed by atoms with Crippen molar-refractivity contribution in [1.29, 1.82) is 0 Å². The fourth-order valence-electron chi connectivity index (χ4n) is 1.14. The van der Waals surface area contributed by atoms with Crippen molar-refractivity contribution in [1.82, 2.24) is 0 Å². The van der Waals surface area contributed by atoms with Crippen LogP contribution < -0.4 is 0 Å². The maximum absolute atomic E-state index is 9.20. The third-order valence-corrected chi connectivity index (χ3v) is 1.65. The van der Waals surface area contributed by atoms with Gasteiger partial charge in [0, 0.05) is 6.61 Å². The van der Waals surface area contributed by atoms with Gasteiger partial charge in [-0.25, -0.2) is 0 Å². The minimum Gasteiger partial charge on any atom is -0.390 e. The Bertz CT molecular complexity index is 120. The first-order chi connectivity index (χ1) is 4.79. The van der Waals surface area contributed by atoms with Gasteiger partial charge < -0.3 is 9.84 Å². The quantitative estimate of drug-likeness (QED) is 0.513. The molecule has 0 bridgehead atoms. The molecule has 1 aliphatic rings. The summed E-state index contributed by atoms with van der Waals surface area (Å²) in [5, 5.41) is 9.20. The molecule has 1 heterocycles. The molecule has 1 rings (SSSR count). The Hall–Kier alpha value is -0.340. The number of ether oxygens (including phenoxy) is 1. The van der Waals surface area contributed by atoms with Crippen molar-refractivity contribution in [3.05, 3.63) is 12.2 Å². The molecule has 58 valence electrons. The summed E-state index contributed by atoms with van der Waals surface area (Å²) in [7, 11) is 0. The molecule has 1 unspecified atom stereocenters. The average molecular weight is 142 g/mol. The molecule has 2 heteroatoms. The summed E-state index contributed by atoms with van der Waals surface area (Å²) in [6.07, 6.45) is 2.43. The maximum Gasteiger partial charge on any atom is 0.0810 e. The van der Waals surface area contributed by atoms with Crippen LogP contribution in [0.2, 0.25) is 0 Å². The lowest BCUT2D eigenvalue weighted by atomic mass is 10.0. The topological polar surface area (TPSA) is 29.5 Å². The van der Waals surface area contributed by atoms with Crippen molar-refractivity contribution < 1.29 is 9.84 Å². The van der Waals surface area contributed by atoms with Crippen molar-refractivity contribution in [3.8, 4) is 0 Å². The largest absolute Gasteiger partial charge is 0.390 e. The van der Waals surface area contributed by atoms with Crippen molar-refractivity contribution in [2.24, 2.45) is 0 Å². The Kier molecular flexibility index (Phi) is 2.90. The Morgan fingerprint density at radius 2 is 2.40 bits per heavy atom. The summed E-state index contributed by atoms with van der Waals surface area (Å²) in [5.74, 6) is 0. The second kappa shape index (κ2) is 3.74. The predicted octanol–water partition coefficient (Wildman–Crippen LogP) is 1.10. The first kappa shape index (κ1) is 7.76. The summed E-state index contributed by atoms with van der Waals surface area (Å²) >= 11 is 0. The first-order valence-corrected chi connectivity index (χ1v) is 3.71. The molecular weight excluding hydrogens is 128 g/mol. The molecule has 1 aliphatic heterocycles. The van der Waals surface area contributed by atoms with Crippen molar-refractivity contribution in [2.75, 3.05) is 13.2 Å². The summed E-state index contributed by atoms with van der Waals surface area (Å²) in [6, 6.07) is 0. The molecule has 1 N–H and O–H groups in total. The van der Waals surface area contributed by atoms with Crippen LogP contribution in [0.1, 0.15) is 19.3 Å². The second-order valence-corrected chi connectivity index (χ2v) is 2.79. The lowest BCUT2D eigenvalue weighted by Gasteiger charge is -2.16. The van der Waals surface area contributed by atoms with Crippen LogP contribution in [0.15, 0.2) is 12.2 Å². The monoisotopic (exact) mass is 142 g/mol. The fraction of sp³-hybridized carbons (Fsp3) is 0.750. The van der Waals surface area contributed by atoms with Crippen LogP contribution in [0.5, 0.6) is 0 Å². The Balaban J connectivity index is 2.32. The highest BCUT2D eigenvalue weighted by Gasteiger charge is 2.09. The van der Waals surface area contributed by atoms with Crippen molar-refractivity contribution >= 4 is 0 Å². The smallest absolute Gasteiger partial charge is 0.0810 e. The molecule has 0 spiro atoms. The van der Waals surface area contributed by atoms with E-state index < -0.39 is 0 Å². The van der Waals surface area contributed by atoms with Crippen LogP contribution >= 0.6 is 0 Å². The zero-order chi connectivity index (χ0) is 7.40. The molecule has 0 radical (unpaired) electrons. The third-order valence-electron chi connectivity index (χ3n) is 1.65. The second-order valence-electron chi connectivity index (χ2n) is 2.79. The standard InChI is InChI=1S/C8H14O2/c1-7-3-2-4-10-6-8(9)5-7/h8-9H,1-6H2. The third kappa shape index (κ3) is 2.50. The Morgan fingerprint density at radius 1 is 1.60 bits per heavy atom. The van der Waals surface area contributed by atoms with E-state index in [0.717, 1.165) is 25.0 Å². The Morgan fingerprint density at radius 3 is 3.20 bits per heavy atom. The minimum atomic E-state index is -0.326. The van der Waals surface area contributed by atoms with Crippen LogP contribution in [0.4, 0.5) is 0 Å². The summed E-state index contributed by atoms with van der Waals surface area (Å²) in [4.78, 5) is 0. The molecule has 0 aromatic carbocycles. The number of aliphatic hydroxyl groups is 1. The van der Waals surface area contributed by atoms with E-state index in [1.54, 1.807) is 0 Å². The number of aliphatic hydroxyl groups excluding tert-OH is 1. The van der Waals surface area contributed by atoms with Gasteiger partial charge in [0.1, 0.15) is 0 Å². The SMILES string of the molecule is C=C1CCCOCC(O)C1. The molecular formula is C8H14O2. The minimum absolute atomic E-state index is 0.326. The molecule has 0 saturated carbocycles. The van der Waals surface area contributed by atoms with Gasteiger partial charge in [0.05, 0.1) is 12.7 Å². The van der Waals surface area contributed by atoms with Crippen molar-refractivity contribution in [2.45, 2.75) is 25.4 Å². The molecule has 0 aliphatic carbocycles. The molecule has 1 saturated heterocycles. The van der Waals surface area contributed by atoms with Gasteiger partial charge in [-0.1, -0.05) is 12.2 Å². The zero-order valence-corrected chi connectivity index (χ0v) is 6.18. The maximum atomic E-state index is 9.20. The number of hydrogen-bond donors (Lipinski definition) is 1. The van der Waals surface area contributed by atoms with Gasteiger partial charge in [-0.3, -0.25) is 0 Å². The zero-order valence-electron chi connectivity index (χ0n) is 6.18. The Labute approximate surface area is 61.5 Å². The predicted molar refractivity (Wildman–Crippen MR) is 39.8 cm³/mol. The van der Waals surface area contributed by atoms with E-state index in [4.69, 9.17) is 4.74 Å². The van der Waals surface area contributed by atoms with Gasteiger partial charge in [-0.2, -0.15) is 0 Å². The highest BCUT2D eigenvalue weighted by atomic mass is 16.5. The van der Waals surface area contributed by atoms with Crippen LogP contribution in [0.25, 0.3) is 0 Å². The van der Waals surface area contributed by atoms with E-state index in [-0.39, 0.29) is 6.10 Å². The van der Waals surface area contributed by atoms with E-state index >= 15 is 0 Å².